The Labute approximate surface area is 171 Å². The molecule has 0 bridgehead atoms. The first-order valence-corrected chi connectivity index (χ1v) is 9.46. The first-order valence-electron chi connectivity index (χ1n) is 8.58. The topological polar surface area (TPSA) is 86.2 Å². The molecule has 0 fully saturated rings. The van der Waals surface area contributed by atoms with E-state index in [1.807, 2.05) is 5.38 Å². The zero-order valence-electron chi connectivity index (χ0n) is 15.5. The fraction of sp³-hybridized carbons (Fsp3) is 0.0952. The van der Waals surface area contributed by atoms with Crippen molar-refractivity contribution in [3.05, 3.63) is 76.5 Å². The van der Waals surface area contributed by atoms with Crippen LogP contribution in [-0.2, 0) is 4.79 Å². The van der Waals surface area contributed by atoms with Crippen LogP contribution in [0.3, 0.4) is 0 Å². The third-order valence-corrected chi connectivity index (χ3v) is 4.50. The molecule has 29 heavy (non-hydrogen) atoms. The summed E-state index contributed by atoms with van der Waals surface area (Å²) in [5.41, 5.74) is 3.12. The second-order valence-electron chi connectivity index (χ2n) is 5.69. The summed E-state index contributed by atoms with van der Waals surface area (Å²) < 4.78 is 15.7. The highest BCUT2D eigenvalue weighted by molar-refractivity contribution is 7.12. The number of nitrogens with one attached hydrogen (secondary N) is 1. The van der Waals surface area contributed by atoms with Crippen molar-refractivity contribution in [2.45, 2.75) is 0 Å². The number of nitrogens with zero attached hydrogens (tertiary/aromatic N) is 1. The second kappa shape index (κ2) is 10.0. The summed E-state index contributed by atoms with van der Waals surface area (Å²) >= 11 is 1.32. The number of carbonyl (C=O) groups excluding carboxylic acids is 2. The van der Waals surface area contributed by atoms with Crippen LogP contribution in [0.5, 0.6) is 17.2 Å². The van der Waals surface area contributed by atoms with E-state index in [-0.39, 0.29) is 6.61 Å². The number of amides is 1. The molecule has 8 heteroatoms. The van der Waals surface area contributed by atoms with Crippen molar-refractivity contribution in [1.29, 1.82) is 0 Å². The number of carbonyl (C=O) groups is 2. The monoisotopic (exact) mass is 410 g/mol. The first-order chi connectivity index (χ1) is 14.1. The Kier molecular flexibility index (Phi) is 6.96. The van der Waals surface area contributed by atoms with Crippen LogP contribution in [-0.4, -0.2) is 31.8 Å². The van der Waals surface area contributed by atoms with E-state index >= 15 is 0 Å². The Balaban J connectivity index is 1.43. The van der Waals surface area contributed by atoms with E-state index in [2.05, 4.69) is 10.5 Å². The summed E-state index contributed by atoms with van der Waals surface area (Å²) in [5, 5.41) is 5.69. The molecule has 3 rings (SSSR count). The third-order valence-electron chi connectivity index (χ3n) is 3.65. The molecule has 148 valence electrons. The fourth-order valence-corrected chi connectivity index (χ4v) is 2.80. The molecule has 0 aliphatic rings. The van der Waals surface area contributed by atoms with Crippen LogP contribution in [0.2, 0.25) is 0 Å². The minimum Gasteiger partial charge on any atom is -0.497 e. The highest BCUT2D eigenvalue weighted by Crippen LogP contribution is 2.17. The Bertz CT molecular complexity index is 967. The van der Waals surface area contributed by atoms with E-state index < -0.39 is 11.9 Å². The molecule has 0 atom stereocenters. The van der Waals surface area contributed by atoms with Gasteiger partial charge in [0.1, 0.15) is 22.1 Å². The molecule has 1 amide bonds. The van der Waals surface area contributed by atoms with Crippen LogP contribution in [0.4, 0.5) is 0 Å². The number of methoxy groups -OCH3 is 1. The zero-order valence-corrected chi connectivity index (χ0v) is 16.3. The summed E-state index contributed by atoms with van der Waals surface area (Å²) in [6, 6.07) is 17.2. The molecule has 1 heterocycles. The van der Waals surface area contributed by atoms with Gasteiger partial charge in [-0.15, -0.1) is 11.3 Å². The highest BCUT2D eigenvalue weighted by Gasteiger charge is 2.09. The molecule has 7 nitrogen and oxygen atoms in total. The van der Waals surface area contributed by atoms with E-state index in [1.54, 1.807) is 67.8 Å². The maximum atomic E-state index is 11.9. The predicted molar refractivity (Wildman–Crippen MR) is 110 cm³/mol. The van der Waals surface area contributed by atoms with Gasteiger partial charge in [-0.1, -0.05) is 6.07 Å². The summed E-state index contributed by atoms with van der Waals surface area (Å²) in [7, 11) is 1.58. The Morgan fingerprint density at radius 3 is 2.34 bits per heavy atom. The molecular weight excluding hydrogens is 392 g/mol. The van der Waals surface area contributed by atoms with Crippen molar-refractivity contribution in [1.82, 2.24) is 5.43 Å². The largest absolute Gasteiger partial charge is 0.497 e. The van der Waals surface area contributed by atoms with Gasteiger partial charge in [-0.05, 0) is 65.5 Å². The van der Waals surface area contributed by atoms with E-state index in [4.69, 9.17) is 14.2 Å². The lowest BCUT2D eigenvalue weighted by atomic mass is 10.2. The Morgan fingerprint density at radius 2 is 1.69 bits per heavy atom. The summed E-state index contributed by atoms with van der Waals surface area (Å²) in [6.45, 7) is -0.165. The molecule has 2 aromatic carbocycles. The molecule has 0 saturated heterocycles. The van der Waals surface area contributed by atoms with Gasteiger partial charge in [-0.25, -0.2) is 10.2 Å². The number of hydrazone groups is 1. The summed E-state index contributed by atoms with van der Waals surface area (Å²) in [4.78, 5) is 24.2. The van der Waals surface area contributed by atoms with Crippen molar-refractivity contribution in [3.8, 4) is 17.2 Å². The maximum Gasteiger partial charge on any atom is 0.353 e. The van der Waals surface area contributed by atoms with Gasteiger partial charge in [-0.3, -0.25) is 4.79 Å². The van der Waals surface area contributed by atoms with Gasteiger partial charge in [0.25, 0.3) is 5.91 Å². The zero-order chi connectivity index (χ0) is 20.5. The van der Waals surface area contributed by atoms with Crippen LogP contribution in [0.15, 0.2) is 71.1 Å². The van der Waals surface area contributed by atoms with Gasteiger partial charge in [-0.2, -0.15) is 5.10 Å². The van der Waals surface area contributed by atoms with Gasteiger partial charge in [0.05, 0.1) is 13.3 Å². The maximum absolute atomic E-state index is 11.9. The smallest absolute Gasteiger partial charge is 0.353 e. The molecule has 0 unspecified atom stereocenters. The highest BCUT2D eigenvalue weighted by atomic mass is 32.1. The lowest BCUT2D eigenvalue weighted by molar-refractivity contribution is -0.123. The normalized spacial score (nSPS) is 10.5. The number of rotatable bonds is 8. The SMILES string of the molecule is COc1ccc(OCC(=O)N/N=C\c2ccc(OC(=O)c3cccs3)cc2)cc1. The first kappa shape index (κ1) is 20.1. The minimum absolute atomic E-state index is 0.165. The average Bonchev–Trinajstić information content (AvgIpc) is 3.29. The molecule has 0 radical (unpaired) electrons. The summed E-state index contributed by atoms with van der Waals surface area (Å²) in [6.07, 6.45) is 1.48. The van der Waals surface area contributed by atoms with Crippen molar-refractivity contribution in [3.63, 3.8) is 0 Å². The van der Waals surface area contributed by atoms with E-state index in [9.17, 15) is 9.59 Å². The Hall–Kier alpha value is -3.65. The van der Waals surface area contributed by atoms with Crippen molar-refractivity contribution < 1.29 is 23.8 Å². The fourth-order valence-electron chi connectivity index (χ4n) is 2.21. The van der Waals surface area contributed by atoms with Crippen LogP contribution < -0.4 is 19.6 Å². The lowest BCUT2D eigenvalue weighted by Crippen LogP contribution is -2.24. The molecule has 3 aromatic rings. The Morgan fingerprint density at radius 1 is 1.00 bits per heavy atom. The number of hydrogen-bond acceptors (Lipinski definition) is 7. The third kappa shape index (κ3) is 6.18. The molecule has 1 N–H and O–H groups in total. The van der Waals surface area contributed by atoms with E-state index in [0.717, 1.165) is 5.56 Å². The second-order valence-corrected chi connectivity index (χ2v) is 6.64. The number of esters is 1. The molecule has 1 aromatic heterocycles. The van der Waals surface area contributed by atoms with Gasteiger partial charge < -0.3 is 14.2 Å². The molecular formula is C21H18N2O5S. The van der Waals surface area contributed by atoms with Crippen molar-refractivity contribution in [2.75, 3.05) is 13.7 Å². The van der Waals surface area contributed by atoms with Gasteiger partial charge in [0, 0.05) is 0 Å². The summed E-state index contributed by atoms with van der Waals surface area (Å²) in [5.74, 6) is 0.901. The van der Waals surface area contributed by atoms with Crippen LogP contribution in [0.1, 0.15) is 15.2 Å². The molecule has 0 aliphatic carbocycles. The predicted octanol–water partition coefficient (Wildman–Crippen LogP) is 3.51. The standard InChI is InChI=1S/C21H18N2O5S/c1-26-16-8-10-17(11-9-16)27-14-20(24)23-22-13-15-4-6-18(7-5-15)28-21(25)19-3-2-12-29-19/h2-13H,14H2,1H3,(H,23,24)/b22-13-. The molecule has 0 aliphatic heterocycles. The number of hydrogen-bond donors (Lipinski definition) is 1. The number of ether oxygens (including phenoxy) is 3. The van der Waals surface area contributed by atoms with Gasteiger partial charge in [0.2, 0.25) is 0 Å². The van der Waals surface area contributed by atoms with Crippen LogP contribution in [0.25, 0.3) is 0 Å². The van der Waals surface area contributed by atoms with Crippen LogP contribution >= 0.6 is 11.3 Å². The van der Waals surface area contributed by atoms with Gasteiger partial charge in [0.15, 0.2) is 6.61 Å². The quantitative estimate of drug-likeness (QED) is 0.266. The van der Waals surface area contributed by atoms with Crippen LogP contribution in [0, 0.1) is 0 Å². The lowest BCUT2D eigenvalue weighted by Gasteiger charge is -2.06. The number of benzene rings is 2. The van der Waals surface area contributed by atoms with E-state index in [0.29, 0.717) is 22.1 Å². The average molecular weight is 410 g/mol. The minimum atomic E-state index is -0.398. The molecule has 0 saturated carbocycles. The number of thiophene rings is 1. The van der Waals surface area contributed by atoms with Crippen molar-refractivity contribution >= 4 is 29.4 Å². The molecule has 0 spiro atoms. The van der Waals surface area contributed by atoms with Gasteiger partial charge >= 0.3 is 5.97 Å². The van der Waals surface area contributed by atoms with E-state index in [1.165, 1.54) is 17.6 Å². The van der Waals surface area contributed by atoms with Crippen molar-refractivity contribution in [2.24, 2.45) is 5.10 Å².